The van der Waals surface area contributed by atoms with Gasteiger partial charge in [0, 0.05) is 17.8 Å². The van der Waals surface area contributed by atoms with Crippen LogP contribution in [0.1, 0.15) is 25.7 Å². The molecule has 2 saturated carbocycles. The molecular weight excluding hydrogens is 311 g/mol. The topological polar surface area (TPSA) is 20.3 Å². The third-order valence-corrected chi connectivity index (χ3v) is 4.45. The summed E-state index contributed by atoms with van der Waals surface area (Å²) >= 11 is 3.11. The molecular formula is C12H17BrF3NO. The molecule has 2 bridgehead atoms. The number of carbonyl (C=O) groups excluding carboxylic acids is 1. The van der Waals surface area contributed by atoms with Gasteiger partial charge in [0.05, 0.1) is 0 Å². The van der Waals surface area contributed by atoms with Crippen molar-refractivity contribution in [1.82, 2.24) is 4.90 Å². The van der Waals surface area contributed by atoms with Crippen molar-refractivity contribution < 1.29 is 18.0 Å². The Labute approximate surface area is 113 Å². The van der Waals surface area contributed by atoms with Crippen molar-refractivity contribution in [3.63, 3.8) is 0 Å². The summed E-state index contributed by atoms with van der Waals surface area (Å²) in [5, 5.41) is 0.385. The van der Waals surface area contributed by atoms with Crippen LogP contribution < -0.4 is 0 Å². The summed E-state index contributed by atoms with van der Waals surface area (Å²) < 4.78 is 37.4. The Hall–Kier alpha value is -0.260. The van der Waals surface area contributed by atoms with Crippen molar-refractivity contribution in [2.24, 2.45) is 17.8 Å². The highest BCUT2D eigenvalue weighted by atomic mass is 79.9. The van der Waals surface area contributed by atoms with Gasteiger partial charge in [-0.05, 0) is 31.1 Å². The minimum atomic E-state index is -4.31. The molecule has 18 heavy (non-hydrogen) atoms. The maximum atomic E-state index is 12.5. The van der Waals surface area contributed by atoms with Gasteiger partial charge >= 0.3 is 6.18 Å². The predicted molar refractivity (Wildman–Crippen MR) is 65.4 cm³/mol. The minimum Gasteiger partial charge on any atom is -0.333 e. The molecule has 0 aromatic carbocycles. The highest BCUT2D eigenvalue weighted by molar-refractivity contribution is 9.09. The van der Waals surface area contributed by atoms with Crippen LogP contribution >= 0.6 is 15.9 Å². The van der Waals surface area contributed by atoms with E-state index in [0.717, 1.165) is 30.6 Å². The fourth-order valence-corrected chi connectivity index (χ4v) is 3.80. The maximum absolute atomic E-state index is 12.5. The van der Waals surface area contributed by atoms with E-state index in [1.807, 2.05) is 0 Å². The average molecular weight is 328 g/mol. The van der Waals surface area contributed by atoms with E-state index in [4.69, 9.17) is 0 Å². The second-order valence-corrected chi connectivity index (χ2v) is 6.14. The minimum absolute atomic E-state index is 0.131. The van der Waals surface area contributed by atoms with Crippen LogP contribution in [0, 0.1) is 17.8 Å². The fraction of sp³-hybridized carbons (Fsp3) is 0.917. The second-order valence-electron chi connectivity index (χ2n) is 5.35. The Morgan fingerprint density at radius 3 is 2.44 bits per heavy atom. The summed E-state index contributed by atoms with van der Waals surface area (Å²) in [6.07, 6.45) is -0.332. The first-order valence-electron chi connectivity index (χ1n) is 6.32. The van der Waals surface area contributed by atoms with E-state index in [0.29, 0.717) is 17.2 Å². The van der Waals surface area contributed by atoms with Gasteiger partial charge in [0.2, 0.25) is 5.91 Å². The number of carbonyl (C=O) groups is 1. The first-order valence-corrected chi connectivity index (χ1v) is 7.44. The molecule has 2 fully saturated rings. The van der Waals surface area contributed by atoms with Crippen molar-refractivity contribution in [3.05, 3.63) is 0 Å². The molecule has 6 heteroatoms. The number of amides is 1. The third kappa shape index (κ3) is 3.19. The van der Waals surface area contributed by atoms with Crippen LogP contribution in [-0.4, -0.2) is 35.4 Å². The zero-order chi connectivity index (χ0) is 13.3. The molecule has 0 heterocycles. The number of rotatable bonds is 4. The smallest absolute Gasteiger partial charge is 0.333 e. The largest absolute Gasteiger partial charge is 0.406 e. The van der Waals surface area contributed by atoms with Crippen LogP contribution in [0.4, 0.5) is 13.2 Å². The molecule has 2 nitrogen and oxygen atoms in total. The lowest BCUT2D eigenvalue weighted by molar-refractivity contribution is -0.164. The lowest BCUT2D eigenvalue weighted by atomic mass is 9.88. The Morgan fingerprint density at radius 1 is 1.28 bits per heavy atom. The van der Waals surface area contributed by atoms with E-state index in [1.165, 1.54) is 0 Å². The van der Waals surface area contributed by atoms with Gasteiger partial charge in [-0.1, -0.05) is 22.4 Å². The van der Waals surface area contributed by atoms with Crippen molar-refractivity contribution in [2.45, 2.75) is 31.9 Å². The molecule has 0 aliphatic heterocycles. The Morgan fingerprint density at radius 2 is 2.00 bits per heavy atom. The quantitative estimate of drug-likeness (QED) is 0.726. The number of alkyl halides is 4. The Balaban J connectivity index is 1.99. The molecule has 2 aliphatic rings. The van der Waals surface area contributed by atoms with E-state index >= 15 is 0 Å². The van der Waals surface area contributed by atoms with Crippen LogP contribution in [0.2, 0.25) is 0 Å². The van der Waals surface area contributed by atoms with Gasteiger partial charge in [0.15, 0.2) is 0 Å². The Kier molecular flexibility index (Phi) is 4.24. The SMILES string of the molecule is O=C(C1CC2CCC1C2)N(CCBr)CC(F)(F)F. The van der Waals surface area contributed by atoms with Crippen molar-refractivity contribution in [2.75, 3.05) is 18.4 Å². The number of nitrogens with zero attached hydrogens (tertiary/aromatic N) is 1. The van der Waals surface area contributed by atoms with Gasteiger partial charge < -0.3 is 4.90 Å². The van der Waals surface area contributed by atoms with E-state index in [2.05, 4.69) is 15.9 Å². The van der Waals surface area contributed by atoms with Crippen LogP contribution in [0.3, 0.4) is 0 Å². The highest BCUT2D eigenvalue weighted by Crippen LogP contribution is 2.49. The van der Waals surface area contributed by atoms with E-state index in [-0.39, 0.29) is 18.4 Å². The zero-order valence-corrected chi connectivity index (χ0v) is 11.6. The monoisotopic (exact) mass is 327 g/mol. The summed E-state index contributed by atoms with van der Waals surface area (Å²) in [6, 6.07) is 0. The molecule has 104 valence electrons. The number of fused-ring (bicyclic) bond motifs is 2. The summed E-state index contributed by atoms with van der Waals surface area (Å²) in [5.41, 5.74) is 0. The normalized spacial score (nSPS) is 30.8. The zero-order valence-electron chi connectivity index (χ0n) is 10.0. The molecule has 0 aromatic heterocycles. The summed E-state index contributed by atoms with van der Waals surface area (Å²) in [5.74, 6) is 0.443. The van der Waals surface area contributed by atoms with Gasteiger partial charge in [-0.15, -0.1) is 0 Å². The molecule has 3 unspecified atom stereocenters. The number of halogens is 4. The van der Waals surface area contributed by atoms with Gasteiger partial charge in [0.25, 0.3) is 0 Å². The van der Waals surface area contributed by atoms with Gasteiger partial charge in [-0.3, -0.25) is 4.79 Å². The van der Waals surface area contributed by atoms with E-state index in [9.17, 15) is 18.0 Å². The lowest BCUT2D eigenvalue weighted by Crippen LogP contribution is -2.44. The lowest BCUT2D eigenvalue weighted by Gasteiger charge is -2.29. The molecule has 0 N–H and O–H groups in total. The molecule has 0 radical (unpaired) electrons. The summed E-state index contributed by atoms with van der Waals surface area (Å²) in [6.45, 7) is -0.989. The first kappa shape index (κ1) is 14.2. The van der Waals surface area contributed by atoms with Gasteiger partial charge in [-0.2, -0.15) is 13.2 Å². The molecule has 2 rings (SSSR count). The first-order chi connectivity index (χ1) is 8.40. The number of hydrogen-bond acceptors (Lipinski definition) is 1. The van der Waals surface area contributed by atoms with Crippen LogP contribution in [0.25, 0.3) is 0 Å². The van der Waals surface area contributed by atoms with Gasteiger partial charge in [0.1, 0.15) is 6.54 Å². The van der Waals surface area contributed by atoms with Crippen LogP contribution in [-0.2, 0) is 4.79 Å². The maximum Gasteiger partial charge on any atom is 0.406 e. The van der Waals surface area contributed by atoms with Crippen LogP contribution in [0.15, 0.2) is 0 Å². The summed E-state index contributed by atoms with van der Waals surface area (Å²) in [7, 11) is 0. The van der Waals surface area contributed by atoms with E-state index in [1.54, 1.807) is 0 Å². The average Bonchev–Trinajstić information content (AvgIpc) is 2.87. The molecule has 1 amide bonds. The van der Waals surface area contributed by atoms with Crippen molar-refractivity contribution in [1.29, 1.82) is 0 Å². The third-order valence-electron chi connectivity index (χ3n) is 4.09. The highest BCUT2D eigenvalue weighted by Gasteiger charge is 2.45. The molecule has 0 spiro atoms. The van der Waals surface area contributed by atoms with Gasteiger partial charge in [-0.25, -0.2) is 0 Å². The molecule has 0 saturated heterocycles. The fourth-order valence-electron chi connectivity index (χ4n) is 3.37. The standard InChI is InChI=1S/C12H17BrF3NO/c13-3-4-17(7-12(14,15)16)11(18)10-6-8-1-2-9(10)5-8/h8-10H,1-7H2. The molecule has 0 aromatic rings. The molecule has 2 aliphatic carbocycles. The van der Waals surface area contributed by atoms with E-state index < -0.39 is 12.7 Å². The second kappa shape index (κ2) is 5.39. The predicted octanol–water partition coefficient (Wildman–Crippen LogP) is 3.21. The molecule has 3 atom stereocenters. The van der Waals surface area contributed by atoms with Crippen molar-refractivity contribution in [3.8, 4) is 0 Å². The summed E-state index contributed by atoms with van der Waals surface area (Å²) in [4.78, 5) is 13.2. The van der Waals surface area contributed by atoms with Crippen LogP contribution in [0.5, 0.6) is 0 Å². The number of hydrogen-bond donors (Lipinski definition) is 0. The Bertz CT molecular complexity index is 321. The van der Waals surface area contributed by atoms with Crippen molar-refractivity contribution >= 4 is 21.8 Å².